The van der Waals surface area contributed by atoms with Crippen LogP contribution < -0.4 is 10.1 Å². The summed E-state index contributed by atoms with van der Waals surface area (Å²) in [6.45, 7) is 4.94. The highest BCUT2D eigenvalue weighted by Gasteiger charge is 2.16. The molecule has 1 rings (SSSR count). The minimum Gasteiger partial charge on any atom is -0.484 e. The predicted octanol–water partition coefficient (Wildman–Crippen LogP) is 1.46. The van der Waals surface area contributed by atoms with Crippen LogP contribution in [0.5, 0.6) is 5.75 Å². The van der Waals surface area contributed by atoms with Gasteiger partial charge < -0.3 is 15.2 Å². The van der Waals surface area contributed by atoms with E-state index in [0.29, 0.717) is 6.54 Å². The Hall–Kier alpha value is -1.66. The topological polar surface area (TPSA) is 84.6 Å². The van der Waals surface area contributed by atoms with Gasteiger partial charge >= 0.3 is 5.69 Å². The van der Waals surface area contributed by atoms with Gasteiger partial charge in [-0.05, 0) is 25.1 Å². The van der Waals surface area contributed by atoms with Gasteiger partial charge in [-0.25, -0.2) is 0 Å². The number of hydrogen-bond donors (Lipinski definition) is 2. The molecular formula is C12H18N2O4. The maximum Gasteiger partial charge on any atom is 0.311 e. The van der Waals surface area contributed by atoms with E-state index in [9.17, 15) is 10.1 Å². The largest absolute Gasteiger partial charge is 0.484 e. The van der Waals surface area contributed by atoms with Crippen LogP contribution in [0, 0.1) is 10.1 Å². The van der Waals surface area contributed by atoms with Crippen LogP contribution in [0.1, 0.15) is 19.4 Å². The summed E-state index contributed by atoms with van der Waals surface area (Å²) >= 11 is 0. The molecule has 0 saturated heterocycles. The molecule has 6 nitrogen and oxygen atoms in total. The van der Waals surface area contributed by atoms with Crippen molar-refractivity contribution < 1.29 is 14.8 Å². The molecule has 1 unspecified atom stereocenters. The molecule has 1 atom stereocenters. The molecule has 0 amide bonds. The van der Waals surface area contributed by atoms with Crippen LogP contribution in [0.25, 0.3) is 0 Å². The lowest BCUT2D eigenvalue weighted by atomic mass is 10.2. The molecule has 0 aliphatic carbocycles. The predicted molar refractivity (Wildman–Crippen MR) is 67.7 cm³/mol. The van der Waals surface area contributed by atoms with Crippen LogP contribution in [0.2, 0.25) is 0 Å². The zero-order valence-corrected chi connectivity index (χ0v) is 10.5. The Morgan fingerprint density at radius 3 is 2.83 bits per heavy atom. The molecule has 100 valence electrons. The molecular weight excluding hydrogens is 236 g/mol. The van der Waals surface area contributed by atoms with Gasteiger partial charge in [0.1, 0.15) is 6.61 Å². The molecule has 18 heavy (non-hydrogen) atoms. The number of hydrogen-bond acceptors (Lipinski definition) is 5. The van der Waals surface area contributed by atoms with Crippen molar-refractivity contribution in [2.75, 3.05) is 13.2 Å². The average Bonchev–Trinajstić information content (AvgIpc) is 2.34. The third-order valence-electron chi connectivity index (χ3n) is 2.28. The van der Waals surface area contributed by atoms with Crippen LogP contribution >= 0.6 is 0 Å². The molecule has 1 aromatic carbocycles. The van der Waals surface area contributed by atoms with E-state index in [-0.39, 0.29) is 18.0 Å². The molecule has 2 N–H and O–H groups in total. The van der Waals surface area contributed by atoms with E-state index >= 15 is 0 Å². The number of ether oxygens (including phenoxy) is 1. The summed E-state index contributed by atoms with van der Waals surface area (Å²) in [5.41, 5.74) is 0.749. The molecule has 0 bridgehead atoms. The number of aliphatic hydroxyl groups is 1. The number of benzene rings is 1. The Kier molecular flexibility index (Phi) is 5.54. The van der Waals surface area contributed by atoms with Crippen molar-refractivity contribution >= 4 is 5.69 Å². The lowest BCUT2D eigenvalue weighted by Gasteiger charge is -2.09. The minimum atomic E-state index is -0.661. The molecule has 0 aliphatic heterocycles. The van der Waals surface area contributed by atoms with Gasteiger partial charge in [0, 0.05) is 12.6 Å². The van der Waals surface area contributed by atoms with Gasteiger partial charge in [0.2, 0.25) is 0 Å². The second-order valence-corrected chi connectivity index (χ2v) is 4.00. The van der Waals surface area contributed by atoms with Gasteiger partial charge in [-0.2, -0.15) is 0 Å². The molecule has 0 saturated carbocycles. The normalized spacial score (nSPS) is 12.2. The second-order valence-electron chi connectivity index (χ2n) is 4.00. The van der Waals surface area contributed by atoms with Crippen LogP contribution in [0.4, 0.5) is 5.69 Å². The number of nitro benzene ring substituents is 1. The van der Waals surface area contributed by atoms with Crippen LogP contribution in [-0.4, -0.2) is 29.3 Å². The lowest BCUT2D eigenvalue weighted by molar-refractivity contribution is -0.386. The van der Waals surface area contributed by atoms with E-state index in [1.807, 2.05) is 6.92 Å². The Labute approximate surface area is 106 Å². The van der Waals surface area contributed by atoms with Crippen LogP contribution in [-0.2, 0) is 6.54 Å². The number of rotatable bonds is 7. The lowest BCUT2D eigenvalue weighted by Crippen LogP contribution is -2.14. The first kappa shape index (κ1) is 14.4. The van der Waals surface area contributed by atoms with E-state index in [1.54, 1.807) is 19.1 Å². The van der Waals surface area contributed by atoms with Gasteiger partial charge in [0.25, 0.3) is 0 Å². The van der Waals surface area contributed by atoms with Gasteiger partial charge in [-0.1, -0.05) is 13.0 Å². The Morgan fingerprint density at radius 2 is 2.28 bits per heavy atom. The summed E-state index contributed by atoms with van der Waals surface area (Å²) in [5, 5.41) is 23.1. The fourth-order valence-corrected chi connectivity index (χ4v) is 1.42. The smallest absolute Gasteiger partial charge is 0.311 e. The summed E-state index contributed by atoms with van der Waals surface area (Å²) in [6.07, 6.45) is -0.661. The highest BCUT2D eigenvalue weighted by molar-refractivity contribution is 5.48. The number of nitrogens with zero attached hydrogens (tertiary/aromatic N) is 1. The first-order valence-electron chi connectivity index (χ1n) is 5.83. The minimum absolute atomic E-state index is 0.0351. The van der Waals surface area contributed by atoms with Gasteiger partial charge in [0.05, 0.1) is 11.0 Å². The summed E-state index contributed by atoms with van der Waals surface area (Å²) < 4.78 is 5.21. The zero-order valence-electron chi connectivity index (χ0n) is 10.5. The number of nitrogens with one attached hydrogen (secondary N) is 1. The van der Waals surface area contributed by atoms with Crippen molar-refractivity contribution in [1.29, 1.82) is 0 Å². The van der Waals surface area contributed by atoms with Crippen molar-refractivity contribution in [2.24, 2.45) is 0 Å². The van der Waals surface area contributed by atoms with Crippen molar-refractivity contribution in [3.05, 3.63) is 33.9 Å². The van der Waals surface area contributed by atoms with Crippen LogP contribution in [0.15, 0.2) is 18.2 Å². The summed E-state index contributed by atoms with van der Waals surface area (Å²) in [7, 11) is 0. The maximum absolute atomic E-state index is 10.9. The van der Waals surface area contributed by atoms with Gasteiger partial charge in [-0.15, -0.1) is 0 Å². The summed E-state index contributed by atoms with van der Waals surface area (Å²) in [6, 6.07) is 4.82. The maximum atomic E-state index is 10.9. The number of aliphatic hydroxyl groups excluding tert-OH is 1. The Morgan fingerprint density at radius 1 is 1.56 bits per heavy atom. The van der Waals surface area contributed by atoms with E-state index in [2.05, 4.69) is 5.32 Å². The van der Waals surface area contributed by atoms with E-state index in [4.69, 9.17) is 9.84 Å². The average molecular weight is 254 g/mol. The molecule has 0 heterocycles. The van der Waals surface area contributed by atoms with Gasteiger partial charge in [0.15, 0.2) is 5.75 Å². The fraction of sp³-hybridized carbons (Fsp3) is 0.500. The SMILES string of the molecule is CCNCc1ccc(OCC(C)O)c([N+](=O)[O-])c1. The van der Waals surface area contributed by atoms with Crippen LogP contribution in [0.3, 0.4) is 0 Å². The first-order valence-corrected chi connectivity index (χ1v) is 5.83. The first-order chi connectivity index (χ1) is 8.54. The Bertz CT molecular complexity index is 407. The molecule has 0 aromatic heterocycles. The molecule has 0 radical (unpaired) electrons. The van der Waals surface area contributed by atoms with Crippen molar-refractivity contribution in [3.8, 4) is 5.75 Å². The van der Waals surface area contributed by atoms with Crippen molar-refractivity contribution in [3.63, 3.8) is 0 Å². The molecule has 0 aliphatic rings. The summed E-state index contributed by atoms with van der Waals surface area (Å²) in [4.78, 5) is 10.5. The fourth-order valence-electron chi connectivity index (χ4n) is 1.42. The monoisotopic (exact) mass is 254 g/mol. The highest BCUT2D eigenvalue weighted by atomic mass is 16.6. The standard InChI is InChI=1S/C12H18N2O4/c1-3-13-7-10-4-5-12(18-8-9(2)15)11(6-10)14(16)17/h4-6,9,13,15H,3,7-8H2,1-2H3. The Balaban J connectivity index is 2.86. The molecule has 0 spiro atoms. The highest BCUT2D eigenvalue weighted by Crippen LogP contribution is 2.28. The van der Waals surface area contributed by atoms with E-state index in [0.717, 1.165) is 12.1 Å². The summed E-state index contributed by atoms with van der Waals surface area (Å²) in [5.74, 6) is 0.182. The molecule has 0 fully saturated rings. The third-order valence-corrected chi connectivity index (χ3v) is 2.28. The second kappa shape index (κ2) is 6.93. The van der Waals surface area contributed by atoms with Crippen molar-refractivity contribution in [1.82, 2.24) is 5.32 Å². The van der Waals surface area contributed by atoms with Gasteiger partial charge in [-0.3, -0.25) is 10.1 Å². The quantitative estimate of drug-likeness (QED) is 0.568. The number of nitro groups is 1. The van der Waals surface area contributed by atoms with Crippen molar-refractivity contribution in [2.45, 2.75) is 26.5 Å². The molecule has 6 heteroatoms. The third kappa shape index (κ3) is 4.31. The zero-order chi connectivity index (χ0) is 13.5. The molecule has 1 aromatic rings. The van der Waals surface area contributed by atoms with E-state index < -0.39 is 11.0 Å². The van der Waals surface area contributed by atoms with E-state index in [1.165, 1.54) is 6.07 Å².